The van der Waals surface area contributed by atoms with Crippen LogP contribution in [0.2, 0.25) is 0 Å². The summed E-state index contributed by atoms with van der Waals surface area (Å²) >= 11 is 0. The van der Waals surface area contributed by atoms with Gasteiger partial charge in [-0.2, -0.15) is 0 Å². The van der Waals surface area contributed by atoms with Gasteiger partial charge in [0.15, 0.2) is 0 Å². The van der Waals surface area contributed by atoms with Gasteiger partial charge >= 0.3 is 6.03 Å². The van der Waals surface area contributed by atoms with Crippen LogP contribution in [0.1, 0.15) is 31.2 Å². The Balaban J connectivity index is 1.72. The second kappa shape index (κ2) is 7.23. The fraction of sp³-hybridized carbons (Fsp3) is 0.769. The van der Waals surface area contributed by atoms with Crippen LogP contribution in [0, 0.1) is 6.92 Å². The molecule has 2 rings (SSSR count). The molecule has 0 radical (unpaired) electrons. The van der Waals surface area contributed by atoms with E-state index >= 15 is 0 Å². The van der Waals surface area contributed by atoms with Crippen molar-refractivity contribution in [3.63, 3.8) is 0 Å². The molecule has 1 aliphatic heterocycles. The Labute approximate surface area is 119 Å². The summed E-state index contributed by atoms with van der Waals surface area (Å²) in [6.07, 6.45) is 2.13. The van der Waals surface area contributed by atoms with Crippen LogP contribution >= 0.6 is 0 Å². The van der Waals surface area contributed by atoms with E-state index in [0.717, 1.165) is 63.5 Å². The highest BCUT2D eigenvalue weighted by Gasteiger charge is 2.22. The molecule has 0 saturated carbocycles. The van der Waals surface area contributed by atoms with Gasteiger partial charge in [-0.15, -0.1) is 0 Å². The van der Waals surface area contributed by atoms with Gasteiger partial charge in [0, 0.05) is 39.3 Å². The first kappa shape index (κ1) is 14.8. The Hall–Kier alpha value is -1.63. The highest BCUT2D eigenvalue weighted by Crippen LogP contribution is 2.09. The van der Waals surface area contributed by atoms with Gasteiger partial charge in [-0.3, -0.25) is 4.90 Å². The molecule has 1 aliphatic rings. The number of hydrogen-bond acceptors (Lipinski definition) is 5. The Bertz CT molecular complexity index is 426. The molecule has 7 heteroatoms. The van der Waals surface area contributed by atoms with Crippen molar-refractivity contribution in [3.05, 3.63) is 11.4 Å². The van der Waals surface area contributed by atoms with E-state index in [4.69, 9.17) is 4.63 Å². The molecule has 0 aromatic carbocycles. The lowest BCUT2D eigenvalue weighted by Gasteiger charge is -2.34. The molecule has 20 heavy (non-hydrogen) atoms. The molecular weight excluding hydrogens is 258 g/mol. The zero-order valence-electron chi connectivity index (χ0n) is 12.3. The molecule has 2 amide bonds. The van der Waals surface area contributed by atoms with Crippen molar-refractivity contribution in [2.24, 2.45) is 0 Å². The van der Waals surface area contributed by atoms with Crippen LogP contribution in [0.5, 0.6) is 0 Å². The number of rotatable bonds is 5. The number of nitrogens with zero attached hydrogens (tertiary/aromatic N) is 4. The third-order valence-corrected chi connectivity index (χ3v) is 3.59. The fourth-order valence-electron chi connectivity index (χ4n) is 2.20. The van der Waals surface area contributed by atoms with Crippen molar-refractivity contribution < 1.29 is 9.42 Å². The lowest BCUT2D eigenvalue weighted by Crippen LogP contribution is -2.51. The zero-order chi connectivity index (χ0) is 14.4. The van der Waals surface area contributed by atoms with E-state index in [-0.39, 0.29) is 6.03 Å². The number of aryl methyl sites for hydroxylation is 1. The average Bonchev–Trinajstić information content (AvgIpc) is 2.85. The summed E-state index contributed by atoms with van der Waals surface area (Å²) in [6, 6.07) is 0.0531. The number of unbranched alkanes of at least 4 members (excludes halogenated alkanes) is 1. The fourth-order valence-corrected chi connectivity index (χ4v) is 2.20. The van der Waals surface area contributed by atoms with Crippen molar-refractivity contribution in [2.75, 3.05) is 32.7 Å². The molecule has 1 aromatic heterocycles. The number of aromatic nitrogens is 2. The minimum Gasteiger partial charge on any atom is -0.338 e. The molecule has 0 aliphatic carbocycles. The number of hydrogen-bond donors (Lipinski definition) is 1. The van der Waals surface area contributed by atoms with Gasteiger partial charge in [0.25, 0.3) is 0 Å². The second-order valence-electron chi connectivity index (χ2n) is 5.15. The van der Waals surface area contributed by atoms with E-state index < -0.39 is 0 Å². The van der Waals surface area contributed by atoms with E-state index in [1.165, 1.54) is 0 Å². The Kier molecular flexibility index (Phi) is 5.34. The number of nitrogens with one attached hydrogen (secondary N) is 1. The predicted octanol–water partition coefficient (Wildman–Crippen LogP) is 1.01. The van der Waals surface area contributed by atoms with Crippen molar-refractivity contribution in [1.29, 1.82) is 0 Å². The molecule has 0 bridgehead atoms. The van der Waals surface area contributed by atoms with Crippen LogP contribution in [0.3, 0.4) is 0 Å². The first-order valence-electron chi connectivity index (χ1n) is 7.24. The quantitative estimate of drug-likeness (QED) is 0.815. The van der Waals surface area contributed by atoms with E-state index in [0.29, 0.717) is 0 Å². The maximum absolute atomic E-state index is 11.9. The maximum Gasteiger partial charge on any atom is 0.317 e. The minimum absolute atomic E-state index is 0.0531. The van der Waals surface area contributed by atoms with Crippen LogP contribution in [-0.4, -0.2) is 58.9 Å². The van der Waals surface area contributed by atoms with Gasteiger partial charge in [0.1, 0.15) is 11.4 Å². The SMILES string of the molecule is CCCCNC(=O)N1CCN(Cc2nonc2C)CC1. The molecule has 1 saturated heterocycles. The summed E-state index contributed by atoms with van der Waals surface area (Å²) < 4.78 is 4.70. The standard InChI is InChI=1S/C13H23N5O2/c1-3-4-5-14-13(19)18-8-6-17(7-9-18)10-12-11(2)15-20-16-12/h3-10H2,1-2H3,(H,14,19). The molecule has 1 N–H and O–H groups in total. The van der Waals surface area contributed by atoms with E-state index in [2.05, 4.69) is 27.5 Å². The third-order valence-electron chi connectivity index (χ3n) is 3.59. The van der Waals surface area contributed by atoms with Crippen LogP contribution in [0.15, 0.2) is 4.63 Å². The minimum atomic E-state index is 0.0531. The largest absolute Gasteiger partial charge is 0.338 e. The molecule has 0 unspecified atom stereocenters. The zero-order valence-corrected chi connectivity index (χ0v) is 12.3. The summed E-state index contributed by atoms with van der Waals surface area (Å²) in [5.74, 6) is 0. The number of urea groups is 1. The Morgan fingerprint density at radius 3 is 2.65 bits per heavy atom. The molecule has 1 aromatic rings. The Morgan fingerprint density at radius 2 is 2.05 bits per heavy atom. The molecule has 112 valence electrons. The molecule has 1 fully saturated rings. The van der Waals surface area contributed by atoms with Gasteiger partial charge in [-0.1, -0.05) is 23.7 Å². The number of amides is 2. The smallest absolute Gasteiger partial charge is 0.317 e. The van der Waals surface area contributed by atoms with Gasteiger partial charge in [-0.05, 0) is 13.3 Å². The molecule has 7 nitrogen and oxygen atoms in total. The first-order valence-corrected chi connectivity index (χ1v) is 7.24. The highest BCUT2D eigenvalue weighted by molar-refractivity contribution is 5.74. The lowest BCUT2D eigenvalue weighted by atomic mass is 10.2. The number of carbonyl (C=O) groups excluding carboxylic acids is 1. The van der Waals surface area contributed by atoms with Crippen LogP contribution in [0.25, 0.3) is 0 Å². The van der Waals surface area contributed by atoms with Crippen LogP contribution in [0.4, 0.5) is 4.79 Å². The summed E-state index contributed by atoms with van der Waals surface area (Å²) in [4.78, 5) is 16.1. The van der Waals surface area contributed by atoms with Gasteiger partial charge < -0.3 is 10.2 Å². The van der Waals surface area contributed by atoms with E-state index in [1.54, 1.807) is 0 Å². The molecule has 0 atom stereocenters. The van der Waals surface area contributed by atoms with Crippen molar-refractivity contribution in [1.82, 2.24) is 25.4 Å². The summed E-state index contributed by atoms with van der Waals surface area (Å²) in [6.45, 7) is 8.72. The monoisotopic (exact) mass is 281 g/mol. The number of carbonyl (C=O) groups is 1. The van der Waals surface area contributed by atoms with Crippen molar-refractivity contribution in [3.8, 4) is 0 Å². The maximum atomic E-state index is 11.9. The molecular formula is C13H23N5O2. The normalized spacial score (nSPS) is 16.4. The van der Waals surface area contributed by atoms with Gasteiger partial charge in [0.2, 0.25) is 0 Å². The van der Waals surface area contributed by atoms with Crippen LogP contribution in [-0.2, 0) is 6.54 Å². The van der Waals surface area contributed by atoms with Gasteiger partial charge in [0.05, 0.1) is 0 Å². The highest BCUT2D eigenvalue weighted by atomic mass is 16.6. The summed E-state index contributed by atoms with van der Waals surface area (Å²) in [7, 11) is 0. The molecule has 0 spiro atoms. The topological polar surface area (TPSA) is 74.5 Å². The molecule has 2 heterocycles. The van der Waals surface area contributed by atoms with Gasteiger partial charge in [-0.25, -0.2) is 9.42 Å². The van der Waals surface area contributed by atoms with E-state index in [9.17, 15) is 4.79 Å². The predicted molar refractivity (Wildman–Crippen MR) is 74.2 cm³/mol. The van der Waals surface area contributed by atoms with Crippen LogP contribution < -0.4 is 5.32 Å². The average molecular weight is 281 g/mol. The van der Waals surface area contributed by atoms with Crippen molar-refractivity contribution in [2.45, 2.75) is 33.2 Å². The third kappa shape index (κ3) is 3.93. The van der Waals surface area contributed by atoms with E-state index in [1.807, 2.05) is 11.8 Å². The lowest BCUT2D eigenvalue weighted by molar-refractivity contribution is 0.133. The summed E-state index contributed by atoms with van der Waals surface area (Å²) in [5.41, 5.74) is 1.72. The first-order chi connectivity index (χ1) is 9.70. The van der Waals surface area contributed by atoms with Crippen molar-refractivity contribution >= 4 is 6.03 Å². The Morgan fingerprint density at radius 1 is 1.30 bits per heavy atom. The number of piperazine rings is 1. The second-order valence-corrected chi connectivity index (χ2v) is 5.15. The summed E-state index contributed by atoms with van der Waals surface area (Å²) in [5, 5.41) is 10.6.